The summed E-state index contributed by atoms with van der Waals surface area (Å²) < 4.78 is 12.4. The zero-order valence-corrected chi connectivity index (χ0v) is 14.9. The van der Waals surface area contributed by atoms with Crippen molar-refractivity contribution in [3.8, 4) is 5.75 Å². The maximum atomic E-state index is 13.1. The molecule has 5 rings (SSSR count). The summed E-state index contributed by atoms with van der Waals surface area (Å²) in [5.74, 6) is 0.820. The highest BCUT2D eigenvalue weighted by molar-refractivity contribution is 6.30. The molecule has 3 aliphatic rings. The van der Waals surface area contributed by atoms with Gasteiger partial charge < -0.3 is 14.4 Å². The molecule has 3 aliphatic heterocycles. The first-order valence-electron chi connectivity index (χ1n) is 8.90. The topological polar surface area (TPSA) is 38.8 Å². The molecule has 0 aliphatic carbocycles. The quantitative estimate of drug-likeness (QED) is 0.747. The monoisotopic (exact) mass is 367 g/mol. The summed E-state index contributed by atoms with van der Waals surface area (Å²) in [4.78, 5) is 15.2. The van der Waals surface area contributed by atoms with Gasteiger partial charge in [0.05, 0.1) is 11.1 Å². The third-order valence-electron chi connectivity index (χ3n) is 5.36. The Balaban J connectivity index is 1.63. The van der Waals surface area contributed by atoms with Gasteiger partial charge in [-0.25, -0.2) is 0 Å². The number of hydrogen-bond acceptors (Lipinski definition) is 4. The number of anilines is 1. The first-order chi connectivity index (χ1) is 12.7. The van der Waals surface area contributed by atoms with E-state index in [2.05, 4.69) is 4.90 Å². The lowest BCUT2D eigenvalue weighted by Gasteiger charge is -2.47. The Morgan fingerprint density at radius 1 is 1.08 bits per heavy atom. The number of carbonyl (C=O) groups excluding carboxylic acids is 1. The van der Waals surface area contributed by atoms with Crippen molar-refractivity contribution in [3.63, 3.8) is 0 Å². The van der Waals surface area contributed by atoms with Crippen LogP contribution in [0.1, 0.15) is 23.2 Å². The number of Topliss-reactive ketones (excluding diaryl/α,β-unsaturated/α-hetero) is 1. The van der Waals surface area contributed by atoms with Crippen molar-refractivity contribution in [1.82, 2.24) is 0 Å². The van der Waals surface area contributed by atoms with Crippen LogP contribution in [0, 0.1) is 5.92 Å². The molecule has 3 atom stereocenters. The molecule has 0 radical (unpaired) electrons. The Morgan fingerprint density at radius 3 is 2.73 bits per heavy atom. The van der Waals surface area contributed by atoms with E-state index >= 15 is 0 Å². The van der Waals surface area contributed by atoms with Crippen molar-refractivity contribution in [3.05, 3.63) is 70.9 Å². The standard InChI is InChI=1S/C21H18ClNO3/c22-13-7-9-14(10-8-13)23-12-17-19(24)15-4-1-2-6-18(15)26-20(17)16-5-3-11-25-21(16)23/h1-2,4,6-10,12,16,20-21H,3,5,11H2. The Labute approximate surface area is 157 Å². The molecule has 2 aromatic carbocycles. The van der Waals surface area contributed by atoms with Gasteiger partial charge in [-0.1, -0.05) is 23.7 Å². The van der Waals surface area contributed by atoms with E-state index in [9.17, 15) is 4.79 Å². The third-order valence-corrected chi connectivity index (χ3v) is 5.61. The molecule has 0 bridgehead atoms. The van der Waals surface area contributed by atoms with Crippen LogP contribution in [-0.2, 0) is 4.74 Å². The minimum absolute atomic E-state index is 0.0415. The second-order valence-electron chi connectivity index (χ2n) is 6.90. The van der Waals surface area contributed by atoms with Crippen LogP contribution < -0.4 is 9.64 Å². The molecule has 0 amide bonds. The number of fused-ring (bicyclic) bond motifs is 4. The van der Waals surface area contributed by atoms with Crippen LogP contribution in [0.25, 0.3) is 0 Å². The zero-order chi connectivity index (χ0) is 17.7. The first-order valence-corrected chi connectivity index (χ1v) is 9.28. The molecule has 3 heterocycles. The van der Waals surface area contributed by atoms with Crippen LogP contribution in [0.3, 0.4) is 0 Å². The predicted molar refractivity (Wildman–Crippen MR) is 99.7 cm³/mol. The molecule has 3 unspecified atom stereocenters. The van der Waals surface area contributed by atoms with Gasteiger partial charge >= 0.3 is 0 Å². The van der Waals surface area contributed by atoms with Crippen LogP contribution in [-0.4, -0.2) is 24.7 Å². The SMILES string of the molecule is O=C1C2=CN(c3ccc(Cl)cc3)C3OCCCC3C2Oc2ccccc21. The van der Waals surface area contributed by atoms with Crippen molar-refractivity contribution < 1.29 is 14.3 Å². The lowest BCUT2D eigenvalue weighted by Crippen LogP contribution is -2.55. The van der Waals surface area contributed by atoms with Crippen molar-refractivity contribution in [2.45, 2.75) is 25.2 Å². The lowest BCUT2D eigenvalue weighted by atomic mass is 9.81. The average Bonchev–Trinajstić information content (AvgIpc) is 2.69. The molecule has 0 saturated carbocycles. The summed E-state index contributed by atoms with van der Waals surface area (Å²) in [6.07, 6.45) is 3.44. The molecule has 0 spiro atoms. The number of rotatable bonds is 1. The van der Waals surface area contributed by atoms with E-state index in [1.807, 2.05) is 54.7 Å². The maximum Gasteiger partial charge on any atom is 0.197 e. The van der Waals surface area contributed by atoms with Crippen LogP contribution in [0.5, 0.6) is 5.75 Å². The van der Waals surface area contributed by atoms with Gasteiger partial charge in [0.1, 0.15) is 18.1 Å². The molecular weight excluding hydrogens is 350 g/mol. The molecule has 4 nitrogen and oxygen atoms in total. The van der Waals surface area contributed by atoms with Gasteiger partial charge in [0.2, 0.25) is 0 Å². The minimum atomic E-state index is -0.258. The fourth-order valence-corrected chi connectivity index (χ4v) is 4.25. The van der Waals surface area contributed by atoms with E-state index in [1.165, 1.54) is 0 Å². The second-order valence-corrected chi connectivity index (χ2v) is 7.34. The average molecular weight is 368 g/mol. The highest BCUT2D eigenvalue weighted by Gasteiger charge is 2.47. The Bertz CT molecular complexity index is 892. The summed E-state index contributed by atoms with van der Waals surface area (Å²) >= 11 is 6.04. The van der Waals surface area contributed by atoms with Crippen molar-refractivity contribution in [2.24, 2.45) is 5.92 Å². The molecule has 1 saturated heterocycles. The highest BCUT2D eigenvalue weighted by Crippen LogP contribution is 2.43. The van der Waals surface area contributed by atoms with Crippen molar-refractivity contribution in [2.75, 3.05) is 11.5 Å². The van der Waals surface area contributed by atoms with Crippen molar-refractivity contribution >= 4 is 23.1 Å². The molecule has 0 N–H and O–H groups in total. The number of hydrogen-bond donors (Lipinski definition) is 0. The summed E-state index contributed by atoms with van der Waals surface area (Å²) in [6.45, 7) is 0.714. The zero-order valence-electron chi connectivity index (χ0n) is 14.1. The Kier molecular flexibility index (Phi) is 3.76. The fourth-order valence-electron chi connectivity index (χ4n) is 4.13. The summed E-state index contributed by atoms with van der Waals surface area (Å²) in [5, 5.41) is 0.684. The van der Waals surface area contributed by atoms with E-state index in [0.29, 0.717) is 28.5 Å². The molecule has 26 heavy (non-hydrogen) atoms. The lowest BCUT2D eigenvalue weighted by molar-refractivity contribution is -0.0599. The molecule has 2 aromatic rings. The van der Waals surface area contributed by atoms with Gasteiger partial charge in [0, 0.05) is 29.4 Å². The largest absolute Gasteiger partial charge is 0.484 e. The van der Waals surface area contributed by atoms with Crippen LogP contribution in [0.2, 0.25) is 5.02 Å². The number of para-hydroxylation sites is 1. The van der Waals surface area contributed by atoms with E-state index in [0.717, 1.165) is 18.5 Å². The number of benzene rings is 2. The van der Waals surface area contributed by atoms with E-state index in [1.54, 1.807) is 0 Å². The number of carbonyl (C=O) groups is 1. The maximum absolute atomic E-state index is 13.1. The molecular formula is C21H18ClNO3. The van der Waals surface area contributed by atoms with E-state index < -0.39 is 0 Å². The number of ketones is 1. The molecule has 0 aromatic heterocycles. The van der Waals surface area contributed by atoms with E-state index in [-0.39, 0.29) is 24.0 Å². The van der Waals surface area contributed by atoms with Gasteiger partial charge in [-0.15, -0.1) is 0 Å². The number of nitrogens with zero attached hydrogens (tertiary/aromatic N) is 1. The van der Waals surface area contributed by atoms with Crippen LogP contribution in [0.15, 0.2) is 60.3 Å². The molecule has 1 fully saturated rings. The first kappa shape index (κ1) is 15.9. The Hall–Kier alpha value is -2.30. The van der Waals surface area contributed by atoms with Gasteiger partial charge in [0.15, 0.2) is 5.78 Å². The highest BCUT2D eigenvalue weighted by atomic mass is 35.5. The van der Waals surface area contributed by atoms with Crippen molar-refractivity contribution in [1.29, 1.82) is 0 Å². The smallest absolute Gasteiger partial charge is 0.197 e. The molecule has 132 valence electrons. The minimum Gasteiger partial charge on any atom is -0.484 e. The summed E-state index contributed by atoms with van der Waals surface area (Å²) in [6, 6.07) is 15.1. The van der Waals surface area contributed by atoms with Gasteiger partial charge in [-0.2, -0.15) is 0 Å². The normalized spacial score (nSPS) is 27.0. The van der Waals surface area contributed by atoms with Crippen LogP contribution >= 0.6 is 11.6 Å². The van der Waals surface area contributed by atoms with Gasteiger partial charge in [-0.05, 0) is 49.2 Å². The molecule has 5 heteroatoms. The second kappa shape index (κ2) is 6.15. The predicted octanol–water partition coefficient (Wildman–Crippen LogP) is 4.44. The number of ether oxygens (including phenoxy) is 2. The number of halogens is 1. The fraction of sp³-hybridized carbons (Fsp3) is 0.286. The third kappa shape index (κ3) is 2.44. The Morgan fingerprint density at radius 2 is 1.88 bits per heavy atom. The van der Waals surface area contributed by atoms with Crippen LogP contribution in [0.4, 0.5) is 5.69 Å². The van der Waals surface area contributed by atoms with Gasteiger partial charge in [-0.3, -0.25) is 4.79 Å². The van der Waals surface area contributed by atoms with E-state index in [4.69, 9.17) is 21.1 Å². The summed E-state index contributed by atoms with van der Waals surface area (Å²) in [5.41, 5.74) is 2.29. The van der Waals surface area contributed by atoms with Gasteiger partial charge in [0.25, 0.3) is 0 Å². The summed E-state index contributed by atoms with van der Waals surface area (Å²) in [7, 11) is 0.